The van der Waals surface area contributed by atoms with Gasteiger partial charge in [-0.3, -0.25) is 0 Å². The number of para-hydroxylation sites is 1. The summed E-state index contributed by atoms with van der Waals surface area (Å²) in [4.78, 5) is 2.30. The van der Waals surface area contributed by atoms with E-state index in [4.69, 9.17) is 17.3 Å². The first-order valence-electron chi connectivity index (χ1n) is 4.66. The van der Waals surface area contributed by atoms with Gasteiger partial charge in [-0.05, 0) is 12.1 Å². The minimum atomic E-state index is 0.653. The summed E-state index contributed by atoms with van der Waals surface area (Å²) in [6.07, 6.45) is 0. The Labute approximate surface area is 93.4 Å². The Morgan fingerprint density at radius 2 is 2.00 bits per heavy atom. The van der Waals surface area contributed by atoms with Crippen LogP contribution in [0.25, 0.3) is 0 Å². The third kappa shape index (κ3) is 1.93. The molecule has 1 saturated heterocycles. The fourth-order valence-electron chi connectivity index (χ4n) is 1.61. The van der Waals surface area contributed by atoms with Gasteiger partial charge in [0.05, 0.1) is 16.4 Å². The van der Waals surface area contributed by atoms with Gasteiger partial charge in [0.1, 0.15) is 0 Å². The van der Waals surface area contributed by atoms with E-state index in [1.807, 2.05) is 30.0 Å². The van der Waals surface area contributed by atoms with Crippen LogP contribution in [0, 0.1) is 0 Å². The molecule has 2 rings (SSSR count). The summed E-state index contributed by atoms with van der Waals surface area (Å²) in [5.41, 5.74) is 7.72. The van der Waals surface area contributed by atoms with E-state index in [-0.39, 0.29) is 0 Å². The van der Waals surface area contributed by atoms with Crippen molar-refractivity contribution in [2.45, 2.75) is 0 Å². The molecule has 2 N–H and O–H groups in total. The number of thioether (sulfide) groups is 1. The van der Waals surface area contributed by atoms with E-state index in [0.29, 0.717) is 10.7 Å². The van der Waals surface area contributed by atoms with Crippen LogP contribution in [0.1, 0.15) is 0 Å². The van der Waals surface area contributed by atoms with Crippen LogP contribution in [-0.4, -0.2) is 24.6 Å². The Morgan fingerprint density at radius 3 is 2.71 bits per heavy atom. The van der Waals surface area contributed by atoms with Crippen molar-refractivity contribution in [3.63, 3.8) is 0 Å². The van der Waals surface area contributed by atoms with Crippen LogP contribution in [0.5, 0.6) is 0 Å². The van der Waals surface area contributed by atoms with Gasteiger partial charge in [-0.25, -0.2) is 0 Å². The van der Waals surface area contributed by atoms with Crippen molar-refractivity contribution in [3.8, 4) is 0 Å². The highest BCUT2D eigenvalue weighted by Gasteiger charge is 2.14. The molecule has 0 saturated carbocycles. The first-order valence-corrected chi connectivity index (χ1v) is 6.19. The molecule has 0 unspecified atom stereocenters. The monoisotopic (exact) mass is 228 g/mol. The molecule has 0 radical (unpaired) electrons. The maximum absolute atomic E-state index is 5.98. The summed E-state index contributed by atoms with van der Waals surface area (Å²) in [6, 6.07) is 5.83. The lowest BCUT2D eigenvalue weighted by Gasteiger charge is -2.29. The molecular formula is C10H13ClN2S. The SMILES string of the molecule is Nc1c(Cl)cccc1N1CCSCC1. The molecule has 2 nitrogen and oxygen atoms in total. The summed E-state index contributed by atoms with van der Waals surface area (Å²) >= 11 is 7.96. The average molecular weight is 229 g/mol. The number of nitrogens with zero attached hydrogens (tertiary/aromatic N) is 1. The molecule has 1 heterocycles. The van der Waals surface area contributed by atoms with Crippen LogP contribution in [0.15, 0.2) is 18.2 Å². The lowest BCUT2D eigenvalue weighted by Crippen LogP contribution is -2.32. The lowest BCUT2D eigenvalue weighted by atomic mass is 10.2. The number of halogens is 1. The fraction of sp³-hybridized carbons (Fsp3) is 0.400. The third-order valence-corrected chi connectivity index (χ3v) is 3.65. The fourth-order valence-corrected chi connectivity index (χ4v) is 2.68. The van der Waals surface area contributed by atoms with Crippen LogP contribution in [0.2, 0.25) is 5.02 Å². The second-order valence-corrected chi connectivity index (χ2v) is 4.90. The van der Waals surface area contributed by atoms with E-state index in [1.54, 1.807) is 0 Å². The first kappa shape index (κ1) is 9.99. The maximum Gasteiger partial charge on any atom is 0.0741 e. The minimum Gasteiger partial charge on any atom is -0.396 e. The van der Waals surface area contributed by atoms with E-state index in [9.17, 15) is 0 Å². The summed E-state index contributed by atoms with van der Waals surface area (Å²) in [7, 11) is 0. The van der Waals surface area contributed by atoms with Gasteiger partial charge < -0.3 is 10.6 Å². The average Bonchev–Trinajstić information content (AvgIpc) is 2.23. The third-order valence-electron chi connectivity index (χ3n) is 2.38. The highest BCUT2D eigenvalue weighted by atomic mass is 35.5. The number of hydrogen-bond donors (Lipinski definition) is 1. The quantitative estimate of drug-likeness (QED) is 0.749. The van der Waals surface area contributed by atoms with Gasteiger partial charge >= 0.3 is 0 Å². The zero-order chi connectivity index (χ0) is 9.97. The summed E-state index contributed by atoms with van der Waals surface area (Å²) in [6.45, 7) is 2.13. The topological polar surface area (TPSA) is 29.3 Å². The second kappa shape index (κ2) is 4.32. The Bertz CT molecular complexity index is 324. The Hall–Kier alpha value is -0.540. The van der Waals surface area contributed by atoms with Gasteiger partial charge in [-0.1, -0.05) is 17.7 Å². The highest BCUT2D eigenvalue weighted by molar-refractivity contribution is 7.99. The molecule has 1 aromatic carbocycles. The molecular weight excluding hydrogens is 216 g/mol. The number of rotatable bonds is 1. The smallest absolute Gasteiger partial charge is 0.0741 e. The molecule has 0 spiro atoms. The molecule has 14 heavy (non-hydrogen) atoms. The first-order chi connectivity index (χ1) is 6.79. The van der Waals surface area contributed by atoms with Crippen molar-refractivity contribution < 1.29 is 0 Å². The van der Waals surface area contributed by atoms with E-state index in [1.165, 1.54) is 11.5 Å². The Morgan fingerprint density at radius 1 is 1.29 bits per heavy atom. The molecule has 0 bridgehead atoms. The van der Waals surface area contributed by atoms with Crippen molar-refractivity contribution in [1.82, 2.24) is 0 Å². The second-order valence-electron chi connectivity index (χ2n) is 3.27. The molecule has 1 fully saturated rings. The van der Waals surface area contributed by atoms with Crippen molar-refractivity contribution in [1.29, 1.82) is 0 Å². The molecule has 0 aromatic heterocycles. The molecule has 76 valence electrons. The molecule has 0 amide bonds. The van der Waals surface area contributed by atoms with Gasteiger partial charge in [0.25, 0.3) is 0 Å². The molecule has 1 aliphatic rings. The number of nitrogens with two attached hydrogens (primary N) is 1. The van der Waals surface area contributed by atoms with Crippen molar-refractivity contribution in [3.05, 3.63) is 23.2 Å². The number of nitrogen functional groups attached to an aromatic ring is 1. The Balaban J connectivity index is 2.26. The van der Waals surface area contributed by atoms with Crippen LogP contribution in [-0.2, 0) is 0 Å². The molecule has 1 aliphatic heterocycles. The van der Waals surface area contributed by atoms with Gasteiger partial charge in [0, 0.05) is 24.6 Å². The van der Waals surface area contributed by atoms with Crippen LogP contribution >= 0.6 is 23.4 Å². The van der Waals surface area contributed by atoms with Crippen molar-refractivity contribution in [2.24, 2.45) is 0 Å². The zero-order valence-corrected chi connectivity index (χ0v) is 9.44. The van der Waals surface area contributed by atoms with Gasteiger partial charge in [0.2, 0.25) is 0 Å². The van der Waals surface area contributed by atoms with Gasteiger partial charge in [0.15, 0.2) is 0 Å². The predicted octanol–water partition coefficient (Wildman–Crippen LogP) is 2.48. The minimum absolute atomic E-state index is 0.653. The van der Waals surface area contributed by atoms with E-state index in [2.05, 4.69) is 4.90 Å². The number of benzene rings is 1. The van der Waals surface area contributed by atoms with Gasteiger partial charge in [-0.15, -0.1) is 0 Å². The molecule has 0 atom stereocenters. The van der Waals surface area contributed by atoms with Crippen molar-refractivity contribution >= 4 is 34.7 Å². The standard InChI is InChI=1S/C10H13ClN2S/c11-8-2-1-3-9(10(8)12)13-4-6-14-7-5-13/h1-3H,4-7,12H2. The van der Waals surface area contributed by atoms with Crippen LogP contribution < -0.4 is 10.6 Å². The maximum atomic E-state index is 5.98. The highest BCUT2D eigenvalue weighted by Crippen LogP contribution is 2.31. The van der Waals surface area contributed by atoms with E-state index in [0.717, 1.165) is 18.8 Å². The van der Waals surface area contributed by atoms with E-state index >= 15 is 0 Å². The molecule has 0 aliphatic carbocycles. The summed E-state index contributed by atoms with van der Waals surface area (Å²) < 4.78 is 0. The van der Waals surface area contributed by atoms with E-state index < -0.39 is 0 Å². The molecule has 1 aromatic rings. The largest absolute Gasteiger partial charge is 0.396 e. The number of anilines is 2. The molecule has 4 heteroatoms. The normalized spacial score (nSPS) is 17.1. The number of hydrogen-bond acceptors (Lipinski definition) is 3. The zero-order valence-electron chi connectivity index (χ0n) is 7.87. The summed E-state index contributed by atoms with van der Waals surface area (Å²) in [5.74, 6) is 2.35. The predicted molar refractivity (Wildman–Crippen MR) is 65.4 cm³/mol. The lowest BCUT2D eigenvalue weighted by molar-refractivity contribution is 0.860. The Kier molecular flexibility index (Phi) is 3.08. The van der Waals surface area contributed by atoms with Gasteiger partial charge in [-0.2, -0.15) is 11.8 Å². The van der Waals surface area contributed by atoms with Crippen LogP contribution in [0.3, 0.4) is 0 Å². The summed E-state index contributed by atoms with van der Waals surface area (Å²) in [5, 5.41) is 0.653. The van der Waals surface area contributed by atoms with Crippen LogP contribution in [0.4, 0.5) is 11.4 Å². The van der Waals surface area contributed by atoms with Crippen molar-refractivity contribution in [2.75, 3.05) is 35.2 Å².